The van der Waals surface area contributed by atoms with Gasteiger partial charge in [0.2, 0.25) is 0 Å². The lowest BCUT2D eigenvalue weighted by molar-refractivity contribution is 0.301. The van der Waals surface area contributed by atoms with Crippen LogP contribution in [-0.4, -0.2) is 6.54 Å². The Labute approximate surface area is 129 Å². The van der Waals surface area contributed by atoms with Crippen molar-refractivity contribution >= 4 is 15.9 Å². The first-order chi connectivity index (χ1) is 9.60. The Morgan fingerprint density at radius 3 is 2.45 bits per heavy atom. The minimum Gasteiger partial charge on any atom is -0.487 e. The summed E-state index contributed by atoms with van der Waals surface area (Å²) in [6.45, 7) is 5.41. The van der Waals surface area contributed by atoms with Gasteiger partial charge in [0.15, 0.2) is 0 Å². The Hall–Kier alpha value is -1.32. The van der Waals surface area contributed by atoms with Crippen LogP contribution < -0.4 is 10.5 Å². The molecule has 0 amide bonds. The van der Waals surface area contributed by atoms with E-state index in [1.807, 2.05) is 12.1 Å². The highest BCUT2D eigenvalue weighted by molar-refractivity contribution is 9.10. The normalized spacial score (nSPS) is 10.6. The molecule has 0 fully saturated rings. The molecule has 0 atom stereocenters. The number of nitrogens with two attached hydrogens (primary N) is 1. The third-order valence-corrected chi connectivity index (χ3v) is 3.75. The van der Waals surface area contributed by atoms with Crippen molar-refractivity contribution in [3.8, 4) is 5.75 Å². The zero-order chi connectivity index (χ0) is 14.5. The summed E-state index contributed by atoms with van der Waals surface area (Å²) in [5.41, 5.74) is 10.5. The van der Waals surface area contributed by atoms with E-state index in [9.17, 15) is 0 Å². The first kappa shape index (κ1) is 15.1. The van der Waals surface area contributed by atoms with Crippen molar-refractivity contribution in [3.05, 3.63) is 63.1 Å². The zero-order valence-corrected chi connectivity index (χ0v) is 13.5. The van der Waals surface area contributed by atoms with Crippen LogP contribution in [0.25, 0.3) is 0 Å². The van der Waals surface area contributed by atoms with Crippen molar-refractivity contribution in [3.63, 3.8) is 0 Å². The quantitative estimate of drug-likeness (QED) is 0.892. The molecule has 0 unspecified atom stereocenters. The molecule has 0 saturated heterocycles. The van der Waals surface area contributed by atoms with E-state index in [1.54, 1.807) is 0 Å². The smallest absolute Gasteiger partial charge is 0.137 e. The van der Waals surface area contributed by atoms with Crippen LogP contribution in [0.2, 0.25) is 0 Å². The molecule has 0 radical (unpaired) electrons. The fourth-order valence-corrected chi connectivity index (χ4v) is 2.90. The van der Waals surface area contributed by atoms with Crippen LogP contribution in [0.4, 0.5) is 0 Å². The Bertz CT molecular complexity index is 575. The van der Waals surface area contributed by atoms with Crippen LogP contribution in [0.1, 0.15) is 22.3 Å². The molecule has 2 N–H and O–H groups in total. The van der Waals surface area contributed by atoms with E-state index in [4.69, 9.17) is 10.5 Å². The largest absolute Gasteiger partial charge is 0.487 e. The summed E-state index contributed by atoms with van der Waals surface area (Å²) in [4.78, 5) is 0. The van der Waals surface area contributed by atoms with E-state index in [-0.39, 0.29) is 0 Å². The Balaban J connectivity index is 2.18. The highest BCUT2D eigenvalue weighted by Crippen LogP contribution is 2.30. The second-order valence-corrected chi connectivity index (χ2v) is 5.91. The lowest BCUT2D eigenvalue weighted by Gasteiger charge is -2.13. The number of rotatable bonds is 5. The molecular formula is C17H20BrNO. The Kier molecular flexibility index (Phi) is 5.21. The van der Waals surface area contributed by atoms with Gasteiger partial charge in [-0.1, -0.05) is 41.5 Å². The van der Waals surface area contributed by atoms with Crippen LogP contribution in [-0.2, 0) is 13.0 Å². The molecule has 0 spiro atoms. The SMILES string of the molecule is Cc1cc(C)cc(COc2c(Br)cccc2CCN)c1. The summed E-state index contributed by atoms with van der Waals surface area (Å²) in [6.07, 6.45) is 0.821. The van der Waals surface area contributed by atoms with Crippen molar-refractivity contribution < 1.29 is 4.74 Å². The highest BCUT2D eigenvalue weighted by Gasteiger charge is 2.08. The van der Waals surface area contributed by atoms with E-state index in [1.165, 1.54) is 16.7 Å². The number of aryl methyl sites for hydroxylation is 2. The average Bonchev–Trinajstić information content (AvgIpc) is 2.37. The number of hydrogen-bond acceptors (Lipinski definition) is 2. The average molecular weight is 334 g/mol. The van der Waals surface area contributed by atoms with Gasteiger partial charge in [-0.2, -0.15) is 0 Å². The van der Waals surface area contributed by atoms with Gasteiger partial charge in [-0.3, -0.25) is 0 Å². The van der Waals surface area contributed by atoms with Gasteiger partial charge in [0.25, 0.3) is 0 Å². The van der Waals surface area contributed by atoms with Gasteiger partial charge < -0.3 is 10.5 Å². The lowest BCUT2D eigenvalue weighted by atomic mass is 10.1. The fourth-order valence-electron chi connectivity index (χ4n) is 2.38. The van der Waals surface area contributed by atoms with Crippen LogP contribution in [0.15, 0.2) is 40.9 Å². The van der Waals surface area contributed by atoms with E-state index >= 15 is 0 Å². The molecule has 3 heteroatoms. The number of benzene rings is 2. The van der Waals surface area contributed by atoms with E-state index in [2.05, 4.69) is 54.0 Å². The molecule has 0 saturated carbocycles. The molecule has 0 aromatic heterocycles. The third kappa shape index (κ3) is 3.84. The first-order valence-corrected chi connectivity index (χ1v) is 7.57. The van der Waals surface area contributed by atoms with Crippen molar-refractivity contribution in [1.29, 1.82) is 0 Å². The number of halogens is 1. The summed E-state index contributed by atoms with van der Waals surface area (Å²) in [5, 5.41) is 0. The van der Waals surface area contributed by atoms with Gasteiger partial charge in [0, 0.05) is 0 Å². The molecule has 2 rings (SSSR count). The number of hydrogen-bond donors (Lipinski definition) is 1. The summed E-state index contributed by atoms with van der Waals surface area (Å²) < 4.78 is 6.99. The molecule has 2 nitrogen and oxygen atoms in total. The molecule has 0 heterocycles. The maximum atomic E-state index is 6.01. The molecule has 0 aliphatic carbocycles. The summed E-state index contributed by atoms with van der Waals surface area (Å²) in [7, 11) is 0. The lowest BCUT2D eigenvalue weighted by Crippen LogP contribution is -2.06. The van der Waals surface area contributed by atoms with Gasteiger partial charge in [0.1, 0.15) is 12.4 Å². The zero-order valence-electron chi connectivity index (χ0n) is 11.9. The molecule has 20 heavy (non-hydrogen) atoms. The van der Waals surface area contributed by atoms with Gasteiger partial charge in [0.05, 0.1) is 4.47 Å². The Morgan fingerprint density at radius 2 is 1.80 bits per heavy atom. The Morgan fingerprint density at radius 1 is 1.10 bits per heavy atom. The molecule has 106 valence electrons. The topological polar surface area (TPSA) is 35.2 Å². The third-order valence-electron chi connectivity index (χ3n) is 3.13. The second kappa shape index (κ2) is 6.91. The predicted molar refractivity (Wildman–Crippen MR) is 87.1 cm³/mol. The summed E-state index contributed by atoms with van der Waals surface area (Å²) in [6, 6.07) is 12.6. The van der Waals surface area contributed by atoms with Crippen molar-refractivity contribution in [2.24, 2.45) is 5.73 Å². The van der Waals surface area contributed by atoms with Gasteiger partial charge >= 0.3 is 0 Å². The number of para-hydroxylation sites is 1. The van der Waals surface area contributed by atoms with Crippen molar-refractivity contribution in [1.82, 2.24) is 0 Å². The minimum atomic E-state index is 0.572. The monoisotopic (exact) mass is 333 g/mol. The van der Waals surface area contributed by atoms with Crippen molar-refractivity contribution in [2.45, 2.75) is 26.9 Å². The first-order valence-electron chi connectivity index (χ1n) is 6.77. The van der Waals surface area contributed by atoms with Crippen LogP contribution >= 0.6 is 15.9 Å². The van der Waals surface area contributed by atoms with E-state index < -0.39 is 0 Å². The maximum Gasteiger partial charge on any atom is 0.137 e. The van der Waals surface area contributed by atoms with E-state index in [0.29, 0.717) is 13.2 Å². The van der Waals surface area contributed by atoms with Gasteiger partial charge in [-0.05, 0) is 59.9 Å². The minimum absolute atomic E-state index is 0.572. The number of ether oxygens (including phenoxy) is 1. The second-order valence-electron chi connectivity index (χ2n) is 5.05. The van der Waals surface area contributed by atoms with Crippen LogP contribution in [0, 0.1) is 13.8 Å². The fraction of sp³-hybridized carbons (Fsp3) is 0.294. The standard InChI is InChI=1S/C17H20BrNO/c1-12-8-13(2)10-14(9-12)11-20-17-15(6-7-19)4-3-5-16(17)18/h3-5,8-10H,6-7,11,19H2,1-2H3. The predicted octanol–water partition coefficient (Wildman–Crippen LogP) is 4.15. The van der Waals surface area contributed by atoms with Crippen LogP contribution in [0.3, 0.4) is 0 Å². The molecule has 2 aromatic carbocycles. The van der Waals surface area contributed by atoms with E-state index in [0.717, 1.165) is 22.2 Å². The molecule has 2 aromatic rings. The highest BCUT2D eigenvalue weighted by atomic mass is 79.9. The van der Waals surface area contributed by atoms with Gasteiger partial charge in [-0.15, -0.1) is 0 Å². The maximum absolute atomic E-state index is 6.01. The summed E-state index contributed by atoms with van der Waals surface area (Å²) >= 11 is 3.55. The molecule has 0 aliphatic rings. The van der Waals surface area contributed by atoms with Gasteiger partial charge in [-0.25, -0.2) is 0 Å². The van der Waals surface area contributed by atoms with Crippen molar-refractivity contribution in [2.75, 3.05) is 6.54 Å². The molecule has 0 aliphatic heterocycles. The van der Waals surface area contributed by atoms with Crippen LogP contribution in [0.5, 0.6) is 5.75 Å². The molecular weight excluding hydrogens is 314 g/mol. The summed E-state index contributed by atoms with van der Waals surface area (Å²) in [5.74, 6) is 0.900. The molecule has 0 bridgehead atoms.